The Kier molecular flexibility index (Phi) is 22.8. The molecule has 0 saturated carbocycles. The van der Waals surface area contributed by atoms with E-state index in [1.54, 1.807) is 0 Å². The summed E-state index contributed by atoms with van der Waals surface area (Å²) in [5.41, 5.74) is 1.34. The van der Waals surface area contributed by atoms with Crippen molar-refractivity contribution in [3.8, 4) is 0 Å². The van der Waals surface area contributed by atoms with E-state index in [1.165, 1.54) is 25.0 Å². The summed E-state index contributed by atoms with van der Waals surface area (Å²) in [5.74, 6) is 0.687. The molecule has 0 bridgehead atoms. The fourth-order valence-corrected chi connectivity index (χ4v) is 2.33. The van der Waals surface area contributed by atoms with Crippen LogP contribution < -0.4 is 0 Å². The van der Waals surface area contributed by atoms with E-state index in [2.05, 4.69) is 84.7 Å². The van der Waals surface area contributed by atoms with Crippen molar-refractivity contribution in [1.82, 2.24) is 9.97 Å². The van der Waals surface area contributed by atoms with Gasteiger partial charge in [-0.2, -0.15) is 24.8 Å². The van der Waals surface area contributed by atoms with Crippen molar-refractivity contribution in [2.75, 3.05) is 0 Å². The first-order chi connectivity index (χ1) is 12.9. The molecule has 2 aliphatic carbocycles. The second-order valence-corrected chi connectivity index (χ2v) is 5.93. The molecule has 2 aliphatic rings. The Bertz CT molecular complexity index is 584. The van der Waals surface area contributed by atoms with E-state index in [0.29, 0.717) is 5.92 Å². The summed E-state index contributed by atoms with van der Waals surface area (Å²) >= 11 is 0. The topological polar surface area (TPSA) is 31.6 Å². The summed E-state index contributed by atoms with van der Waals surface area (Å²) in [7, 11) is 0. The second kappa shape index (κ2) is 22.1. The maximum absolute atomic E-state index is 3.78. The minimum absolute atomic E-state index is 0. The van der Waals surface area contributed by atoms with Crippen molar-refractivity contribution in [3.05, 3.63) is 104 Å². The van der Waals surface area contributed by atoms with Crippen LogP contribution in [0.4, 0.5) is 0 Å². The van der Waals surface area contributed by atoms with Crippen LogP contribution in [0, 0.1) is 19.0 Å². The first kappa shape index (κ1) is 29.0. The normalized spacial score (nSPS) is 12.5. The molecule has 2 aromatic heterocycles. The Labute approximate surface area is 197 Å². The molecule has 4 heteroatoms. The van der Waals surface area contributed by atoms with Crippen molar-refractivity contribution in [1.29, 1.82) is 0 Å². The van der Waals surface area contributed by atoms with Crippen LogP contribution in [0.3, 0.4) is 0 Å². The van der Waals surface area contributed by atoms with E-state index < -0.39 is 0 Å². The van der Waals surface area contributed by atoms with Gasteiger partial charge >= 0.3 is 19.5 Å². The third-order valence-corrected chi connectivity index (χ3v) is 3.64. The first-order valence-electron chi connectivity index (χ1n) is 9.44. The molecular weight excluding hydrogens is 518 g/mol. The van der Waals surface area contributed by atoms with Crippen LogP contribution in [0.15, 0.2) is 85.3 Å². The predicted molar refractivity (Wildman–Crippen MR) is 114 cm³/mol. The largest absolute Gasteiger partial charge is 2.00 e. The van der Waals surface area contributed by atoms with Gasteiger partial charge in [-0.15, -0.1) is 6.20 Å². The van der Waals surface area contributed by atoms with Crippen LogP contribution in [0.1, 0.15) is 38.3 Å². The van der Waals surface area contributed by atoms with Gasteiger partial charge in [-0.25, -0.2) is 0 Å². The molecule has 0 unspecified atom stereocenters. The zero-order chi connectivity index (χ0) is 18.7. The van der Waals surface area contributed by atoms with Crippen molar-refractivity contribution < 1.29 is 39.0 Å². The van der Waals surface area contributed by atoms with E-state index in [9.17, 15) is 0 Å². The van der Waals surface area contributed by atoms with E-state index >= 15 is 0 Å². The Balaban J connectivity index is 0. The summed E-state index contributed by atoms with van der Waals surface area (Å²) < 4.78 is 0. The molecule has 154 valence electrons. The predicted octanol–water partition coefficient (Wildman–Crippen LogP) is 6.62. The van der Waals surface area contributed by atoms with Crippen molar-refractivity contribution in [2.45, 2.75) is 39.0 Å². The van der Waals surface area contributed by atoms with Gasteiger partial charge in [0.05, 0.1) is 0 Å². The molecule has 2 N–H and O–H groups in total. The Morgan fingerprint density at radius 2 is 1.79 bits per heavy atom. The number of aromatic amines is 2. The van der Waals surface area contributed by atoms with E-state index in [0.717, 1.165) is 12.8 Å². The van der Waals surface area contributed by atoms with Gasteiger partial charge in [0.25, 0.3) is 0 Å². The van der Waals surface area contributed by atoms with Crippen LogP contribution in [-0.4, -0.2) is 9.97 Å². The SMILES string of the molecule is C1=CCC=C1.CCCc1ccc[nH]1.[CH2-]CCC1C=CC=C1.[Ru+2].[Ru].[c-]1ccc[nH]1. The van der Waals surface area contributed by atoms with Gasteiger partial charge in [0.1, 0.15) is 0 Å². The van der Waals surface area contributed by atoms with Crippen LogP contribution in [-0.2, 0) is 45.4 Å². The van der Waals surface area contributed by atoms with Gasteiger partial charge in [0.2, 0.25) is 0 Å². The molecule has 0 aliphatic heterocycles. The fraction of sp³-hybridized carbons (Fsp3) is 0.292. The maximum Gasteiger partial charge on any atom is 2.00 e. The molecule has 0 saturated heterocycles. The van der Waals surface area contributed by atoms with Gasteiger partial charge in [0.15, 0.2) is 0 Å². The average molecular weight is 551 g/mol. The number of rotatable bonds is 4. The van der Waals surface area contributed by atoms with Crippen LogP contribution in [0.5, 0.6) is 0 Å². The summed E-state index contributed by atoms with van der Waals surface area (Å²) in [4.78, 5) is 5.87. The van der Waals surface area contributed by atoms with Gasteiger partial charge in [0, 0.05) is 31.4 Å². The molecule has 2 nitrogen and oxygen atoms in total. The molecule has 0 aromatic carbocycles. The summed E-state index contributed by atoms with van der Waals surface area (Å²) in [5, 5.41) is 0. The van der Waals surface area contributed by atoms with Crippen molar-refractivity contribution in [2.24, 2.45) is 5.92 Å². The monoisotopic (exact) mass is 552 g/mol. The number of hydrogen-bond acceptors (Lipinski definition) is 0. The minimum Gasteiger partial charge on any atom is -0.484 e. The molecule has 0 radical (unpaired) electrons. The zero-order valence-electron chi connectivity index (χ0n) is 16.6. The number of aryl methyl sites for hydroxylation is 1. The Morgan fingerprint density at radius 1 is 1.07 bits per heavy atom. The average Bonchev–Trinajstić information content (AvgIpc) is 3.48. The molecule has 0 fully saturated rings. The smallest absolute Gasteiger partial charge is 0.484 e. The number of nitrogens with one attached hydrogen (secondary N) is 2. The maximum atomic E-state index is 3.78. The third kappa shape index (κ3) is 16.9. The molecule has 0 atom stereocenters. The molecule has 0 spiro atoms. The molecule has 28 heavy (non-hydrogen) atoms. The molecule has 4 rings (SSSR count). The standard InChI is InChI=1S/C8H11.C7H11N.C5H6.C4H4N.2Ru/c1-2-5-8-6-3-4-7-8;1-2-4-7-5-3-6-8-7;2*1-2-4-5-3-1;;/h3-4,6-8H,1-2,5H2;3,5-6,8H,2,4H2,1H3;1-4H,5H2;1-3,5H;;/q-1;;;-1;;+2. The Hall–Kier alpha value is -1.23. The number of hydrogen-bond donors (Lipinski definition) is 2. The summed E-state index contributed by atoms with van der Waals surface area (Å²) in [6, 6.07) is 7.86. The quantitative estimate of drug-likeness (QED) is 0.317. The molecule has 2 heterocycles. The Morgan fingerprint density at radius 3 is 2.14 bits per heavy atom. The van der Waals surface area contributed by atoms with E-state index in [4.69, 9.17) is 0 Å². The van der Waals surface area contributed by atoms with Crippen molar-refractivity contribution >= 4 is 0 Å². The van der Waals surface area contributed by atoms with E-state index in [-0.39, 0.29) is 39.0 Å². The molecule has 2 aromatic rings. The fourth-order valence-electron chi connectivity index (χ4n) is 2.33. The zero-order valence-corrected chi connectivity index (χ0v) is 20.1. The molecule has 0 amide bonds. The van der Waals surface area contributed by atoms with Gasteiger partial charge in [-0.3, -0.25) is 0 Å². The van der Waals surface area contributed by atoms with Gasteiger partial charge in [-0.1, -0.05) is 68.4 Å². The van der Waals surface area contributed by atoms with Crippen LogP contribution >= 0.6 is 0 Å². The first-order valence-corrected chi connectivity index (χ1v) is 9.44. The minimum atomic E-state index is 0. The van der Waals surface area contributed by atoms with Crippen LogP contribution in [0.25, 0.3) is 0 Å². The summed E-state index contributed by atoms with van der Waals surface area (Å²) in [6.45, 7) is 5.96. The van der Waals surface area contributed by atoms with E-state index in [1.807, 2.05) is 30.6 Å². The number of H-pyrrole nitrogens is 2. The number of allylic oxidation sites excluding steroid dienone is 8. The second-order valence-electron chi connectivity index (χ2n) is 5.93. The van der Waals surface area contributed by atoms with Gasteiger partial charge in [-0.05, 0) is 30.9 Å². The summed E-state index contributed by atoms with van der Waals surface area (Å²) in [6.07, 6.45) is 29.3. The van der Waals surface area contributed by atoms with Gasteiger partial charge < -0.3 is 16.9 Å². The third-order valence-electron chi connectivity index (χ3n) is 3.64. The van der Waals surface area contributed by atoms with Crippen molar-refractivity contribution in [3.63, 3.8) is 0 Å². The van der Waals surface area contributed by atoms with Crippen LogP contribution in [0.2, 0.25) is 0 Å². The number of aromatic nitrogens is 2. The molecular formula is C24H32N2Ru2.